The fourth-order valence-corrected chi connectivity index (χ4v) is 7.94. The zero-order chi connectivity index (χ0) is 39.5. The van der Waals surface area contributed by atoms with Gasteiger partial charge in [0.15, 0.2) is 5.69 Å². The highest BCUT2D eigenvalue weighted by Gasteiger charge is 2.30. The lowest BCUT2D eigenvalue weighted by Crippen LogP contribution is -2.25. The van der Waals surface area contributed by atoms with Crippen LogP contribution in [0.5, 0.6) is 11.5 Å². The van der Waals surface area contributed by atoms with E-state index < -0.39 is 0 Å². The van der Waals surface area contributed by atoms with Gasteiger partial charge in [-0.05, 0) is 88.2 Å². The summed E-state index contributed by atoms with van der Waals surface area (Å²) in [6, 6.07) is 50.9. The number of hydrogen-bond donors (Lipinski definition) is 0. The number of anilines is 4. The van der Waals surface area contributed by atoms with Crippen LogP contribution in [0.3, 0.4) is 0 Å². The quantitative estimate of drug-likeness (QED) is 0.159. The molecule has 0 bridgehead atoms. The third-order valence-electron chi connectivity index (χ3n) is 11.1. The van der Waals surface area contributed by atoms with Crippen LogP contribution in [0.1, 0.15) is 52.7 Å². The zero-order valence-electron chi connectivity index (χ0n) is 33.3. The lowest BCUT2D eigenvalue weighted by molar-refractivity contribution is 0.483. The molecule has 6 heteroatoms. The summed E-state index contributed by atoms with van der Waals surface area (Å²) in [5.74, 6) is 2.40. The fourth-order valence-electron chi connectivity index (χ4n) is 7.94. The number of para-hydroxylation sites is 3. The first kappa shape index (κ1) is 35.8. The van der Waals surface area contributed by atoms with E-state index in [0.29, 0.717) is 12.4 Å². The minimum absolute atomic E-state index is 0.00670. The molecule has 0 atom stereocenters. The van der Waals surface area contributed by atoms with Crippen LogP contribution < -0.4 is 14.5 Å². The van der Waals surface area contributed by atoms with Crippen molar-refractivity contribution >= 4 is 50.2 Å². The van der Waals surface area contributed by atoms with E-state index in [1.165, 1.54) is 16.5 Å². The highest BCUT2D eigenvalue weighted by Crippen LogP contribution is 2.48. The Morgan fingerprint density at radius 2 is 1.26 bits per heavy atom. The van der Waals surface area contributed by atoms with Crippen LogP contribution in [0.15, 0.2) is 152 Å². The molecule has 3 heterocycles. The van der Waals surface area contributed by atoms with Crippen molar-refractivity contribution in [2.24, 2.45) is 0 Å². The summed E-state index contributed by atoms with van der Waals surface area (Å²) in [7, 11) is 0. The average Bonchev–Trinajstić information content (AvgIpc) is 3.76. The van der Waals surface area contributed by atoms with Gasteiger partial charge in [0.05, 0.1) is 34.7 Å². The molecule has 6 aromatic carbocycles. The third kappa shape index (κ3) is 6.55. The number of pyridine rings is 1. The van der Waals surface area contributed by atoms with Crippen molar-refractivity contribution in [2.45, 2.75) is 52.4 Å². The molecule has 0 saturated carbocycles. The Labute approximate surface area is 335 Å². The van der Waals surface area contributed by atoms with Crippen LogP contribution in [0.4, 0.5) is 28.4 Å². The SMILES string of the molecule is [C-]#[N+]c1ccc(-c2ccc(C(C)(C)C)cc2N2CN(c3cccc(Oc4ccc5c6ccccc6n(-c6cc(C(C)(C)C)ccn6)c5c4)c3)c3ccccc32)cc1. The average molecular weight is 744 g/mol. The molecule has 6 nitrogen and oxygen atoms in total. The normalized spacial score (nSPS) is 12.9. The third-order valence-corrected chi connectivity index (χ3v) is 11.1. The first-order valence-corrected chi connectivity index (χ1v) is 19.5. The number of nitrogens with zero attached hydrogens (tertiary/aromatic N) is 5. The maximum Gasteiger partial charge on any atom is 0.187 e. The van der Waals surface area contributed by atoms with Crippen molar-refractivity contribution in [1.82, 2.24) is 9.55 Å². The second-order valence-corrected chi connectivity index (χ2v) is 16.9. The van der Waals surface area contributed by atoms with Crippen molar-refractivity contribution in [1.29, 1.82) is 0 Å². The molecule has 0 unspecified atom stereocenters. The first-order chi connectivity index (χ1) is 27.5. The summed E-state index contributed by atoms with van der Waals surface area (Å²) in [6.07, 6.45) is 1.91. The molecule has 0 aliphatic carbocycles. The fraction of sp³-hybridized carbons (Fsp3) is 0.176. The molecule has 57 heavy (non-hydrogen) atoms. The molecule has 0 saturated heterocycles. The van der Waals surface area contributed by atoms with E-state index in [9.17, 15) is 0 Å². The molecule has 0 fully saturated rings. The number of hydrogen-bond acceptors (Lipinski definition) is 4. The molecular weight excluding hydrogens is 699 g/mol. The van der Waals surface area contributed by atoms with Crippen molar-refractivity contribution < 1.29 is 4.74 Å². The van der Waals surface area contributed by atoms with Gasteiger partial charge < -0.3 is 14.5 Å². The smallest absolute Gasteiger partial charge is 0.187 e. The highest BCUT2D eigenvalue weighted by molar-refractivity contribution is 6.09. The van der Waals surface area contributed by atoms with E-state index in [4.69, 9.17) is 16.3 Å². The molecule has 1 aliphatic rings. The second kappa shape index (κ2) is 13.7. The number of benzene rings is 6. The number of fused-ring (bicyclic) bond motifs is 4. The van der Waals surface area contributed by atoms with E-state index in [1.807, 2.05) is 24.4 Å². The largest absolute Gasteiger partial charge is 0.457 e. The Balaban J connectivity index is 1.08. The summed E-state index contributed by atoms with van der Waals surface area (Å²) >= 11 is 0. The number of aromatic nitrogens is 2. The predicted molar refractivity (Wildman–Crippen MR) is 236 cm³/mol. The van der Waals surface area contributed by atoms with Gasteiger partial charge in [-0.25, -0.2) is 9.83 Å². The van der Waals surface area contributed by atoms with Crippen molar-refractivity contribution in [3.8, 4) is 28.4 Å². The lowest BCUT2D eigenvalue weighted by atomic mass is 9.85. The Bertz CT molecular complexity index is 2850. The van der Waals surface area contributed by atoms with Crippen LogP contribution in [-0.4, -0.2) is 16.2 Å². The van der Waals surface area contributed by atoms with E-state index >= 15 is 0 Å². The van der Waals surface area contributed by atoms with Gasteiger partial charge in [0.2, 0.25) is 0 Å². The Morgan fingerprint density at radius 1 is 0.579 bits per heavy atom. The van der Waals surface area contributed by atoms with Crippen LogP contribution in [0.2, 0.25) is 0 Å². The molecular formula is C51H45N5O. The van der Waals surface area contributed by atoms with E-state index in [1.54, 1.807) is 0 Å². The van der Waals surface area contributed by atoms with E-state index in [0.717, 1.165) is 67.6 Å². The van der Waals surface area contributed by atoms with Crippen LogP contribution in [-0.2, 0) is 10.8 Å². The zero-order valence-corrected chi connectivity index (χ0v) is 33.3. The maximum absolute atomic E-state index is 7.47. The molecule has 9 rings (SSSR count). The van der Waals surface area contributed by atoms with Gasteiger partial charge in [-0.2, -0.15) is 0 Å². The van der Waals surface area contributed by atoms with Gasteiger partial charge in [0.1, 0.15) is 24.0 Å². The number of rotatable bonds is 6. The molecule has 0 spiro atoms. The molecule has 8 aromatic rings. The van der Waals surface area contributed by atoms with E-state index in [-0.39, 0.29) is 10.8 Å². The Kier molecular flexibility index (Phi) is 8.63. The first-order valence-electron chi connectivity index (χ1n) is 19.5. The Hall–Kier alpha value is -6.84. The minimum Gasteiger partial charge on any atom is -0.457 e. The predicted octanol–water partition coefficient (Wildman–Crippen LogP) is 14.0. The number of ether oxygens (including phenoxy) is 1. The van der Waals surface area contributed by atoms with Crippen molar-refractivity contribution in [3.63, 3.8) is 0 Å². The lowest BCUT2D eigenvalue weighted by Gasteiger charge is -2.27. The summed E-state index contributed by atoms with van der Waals surface area (Å²) in [5, 5.41) is 2.33. The van der Waals surface area contributed by atoms with Crippen LogP contribution in [0.25, 0.3) is 43.6 Å². The Morgan fingerprint density at radius 3 is 2.02 bits per heavy atom. The monoisotopic (exact) mass is 743 g/mol. The minimum atomic E-state index is -0.0316. The van der Waals surface area contributed by atoms with Crippen molar-refractivity contribution in [3.05, 3.63) is 174 Å². The van der Waals surface area contributed by atoms with Crippen molar-refractivity contribution in [2.75, 3.05) is 16.5 Å². The topological polar surface area (TPSA) is 37.9 Å². The van der Waals surface area contributed by atoms with Gasteiger partial charge >= 0.3 is 0 Å². The van der Waals surface area contributed by atoms with Crippen LogP contribution in [0, 0.1) is 6.57 Å². The summed E-state index contributed by atoms with van der Waals surface area (Å²) < 4.78 is 8.96. The molecule has 0 amide bonds. The molecule has 1 aliphatic heterocycles. The highest BCUT2D eigenvalue weighted by atomic mass is 16.5. The molecule has 2 aromatic heterocycles. The van der Waals surface area contributed by atoms with Gasteiger partial charge in [-0.15, -0.1) is 0 Å². The second-order valence-electron chi connectivity index (χ2n) is 16.9. The van der Waals surface area contributed by atoms with Gasteiger partial charge in [-0.1, -0.05) is 114 Å². The van der Waals surface area contributed by atoms with E-state index in [2.05, 4.69) is 188 Å². The standard InChI is InChI=1S/C51H45N5O/c1-50(2,3)35-21-25-41(34-19-22-37(52-7)23-20-34)47(29-35)55-33-54(45-17-10-11-18-46(45)55)38-13-12-14-39(31-38)57-40-24-26-43-42-15-8-9-16-44(42)56(48(43)32-40)49-30-36(27-28-53-49)51(4,5)6/h8-32H,33H2,1-6H3. The van der Waals surface area contributed by atoms with Gasteiger partial charge in [0.25, 0.3) is 0 Å². The molecule has 0 N–H and O–H groups in total. The summed E-state index contributed by atoms with van der Waals surface area (Å²) in [4.78, 5) is 13.2. The van der Waals surface area contributed by atoms with Crippen LogP contribution >= 0.6 is 0 Å². The molecule has 0 radical (unpaired) electrons. The molecule has 280 valence electrons. The summed E-state index contributed by atoms with van der Waals surface area (Å²) in [6.45, 7) is 21.6. The summed E-state index contributed by atoms with van der Waals surface area (Å²) in [5.41, 5.74) is 11.9. The van der Waals surface area contributed by atoms with Gasteiger partial charge in [-0.3, -0.25) is 4.57 Å². The maximum atomic E-state index is 7.47. The van der Waals surface area contributed by atoms with Gasteiger partial charge in [0, 0.05) is 40.4 Å².